The monoisotopic (exact) mass is 374 g/mol. The molecule has 0 atom stereocenters. The van der Waals surface area contributed by atoms with Crippen LogP contribution in [0.25, 0.3) is 11.4 Å². The Morgan fingerprint density at radius 1 is 1.00 bits per heavy atom. The van der Waals surface area contributed by atoms with Crippen LogP contribution in [0, 0.1) is 0 Å². The zero-order chi connectivity index (χ0) is 14.1. The smallest absolute Gasteiger partial charge is 0.175 e. The molecule has 0 N–H and O–H groups in total. The van der Waals surface area contributed by atoms with Gasteiger partial charge in [0, 0.05) is 18.1 Å². The molecular weight excluding hydrogens is 367 g/mol. The number of ether oxygens (including phenoxy) is 2. The Morgan fingerprint density at radius 2 is 1.70 bits per heavy atom. The first kappa shape index (κ1) is 13.9. The molecule has 1 aliphatic rings. The molecule has 20 heavy (non-hydrogen) atoms. The predicted molar refractivity (Wildman–Crippen MR) is 80.8 cm³/mol. The molecule has 0 radical (unpaired) electrons. The van der Waals surface area contributed by atoms with Gasteiger partial charge in [0.15, 0.2) is 17.3 Å². The number of fused-ring (bicyclic) bond motifs is 1. The normalized spacial score (nSPS) is 13.9. The number of aromatic nitrogens is 2. The van der Waals surface area contributed by atoms with Crippen LogP contribution < -0.4 is 9.47 Å². The summed E-state index contributed by atoms with van der Waals surface area (Å²) < 4.78 is 12.1. The summed E-state index contributed by atoms with van der Waals surface area (Å²) in [6.07, 6.45) is 0.843. The van der Waals surface area contributed by atoms with Crippen LogP contribution in [0.5, 0.6) is 11.5 Å². The molecule has 0 amide bonds. The number of nitrogens with zero attached hydrogens (tertiary/aromatic N) is 2. The third-order valence-electron chi connectivity index (χ3n) is 2.72. The fourth-order valence-electron chi connectivity index (χ4n) is 1.88. The third kappa shape index (κ3) is 2.85. The summed E-state index contributed by atoms with van der Waals surface area (Å²) in [6.45, 7) is 1.24. The van der Waals surface area contributed by atoms with Crippen LogP contribution in [0.4, 0.5) is 0 Å². The minimum Gasteiger partial charge on any atom is -0.489 e. The molecule has 2 heterocycles. The Hall–Kier alpha value is -1.04. The van der Waals surface area contributed by atoms with Crippen LogP contribution >= 0.6 is 39.1 Å². The molecule has 3 rings (SSSR count). The van der Waals surface area contributed by atoms with Crippen LogP contribution in [-0.4, -0.2) is 23.2 Å². The van der Waals surface area contributed by atoms with Crippen LogP contribution in [0.1, 0.15) is 6.42 Å². The van der Waals surface area contributed by atoms with Gasteiger partial charge >= 0.3 is 0 Å². The zero-order valence-electron chi connectivity index (χ0n) is 10.2. The molecule has 1 aromatic carbocycles. The number of hydrogen-bond acceptors (Lipinski definition) is 4. The van der Waals surface area contributed by atoms with Gasteiger partial charge < -0.3 is 9.47 Å². The average Bonchev–Trinajstić information content (AvgIpc) is 2.63. The molecule has 1 aliphatic heterocycles. The molecule has 0 unspecified atom stereocenters. The number of rotatable bonds is 1. The Morgan fingerprint density at radius 3 is 2.45 bits per heavy atom. The molecule has 104 valence electrons. The van der Waals surface area contributed by atoms with Crippen molar-refractivity contribution in [2.24, 2.45) is 0 Å². The fraction of sp³-hybridized carbons (Fsp3) is 0.231. The number of benzene rings is 1. The van der Waals surface area contributed by atoms with E-state index in [-0.39, 0.29) is 0 Å². The first-order valence-electron chi connectivity index (χ1n) is 5.93. The maximum absolute atomic E-state index is 5.91. The van der Waals surface area contributed by atoms with Gasteiger partial charge in [-0.3, -0.25) is 0 Å². The molecule has 4 nitrogen and oxygen atoms in total. The SMILES string of the molecule is Clc1cc(Cl)nc(-c2cc(Br)c3c(c2)OCCCO3)n1. The summed E-state index contributed by atoms with van der Waals surface area (Å²) in [5.74, 6) is 1.80. The lowest BCUT2D eigenvalue weighted by Crippen LogP contribution is -1.97. The van der Waals surface area contributed by atoms with E-state index in [2.05, 4.69) is 25.9 Å². The minimum atomic E-state index is 0.295. The zero-order valence-corrected chi connectivity index (χ0v) is 13.3. The third-order valence-corrected chi connectivity index (χ3v) is 3.70. The van der Waals surface area contributed by atoms with Crippen LogP contribution in [0.3, 0.4) is 0 Å². The van der Waals surface area contributed by atoms with E-state index in [1.54, 1.807) is 0 Å². The van der Waals surface area contributed by atoms with Crippen LogP contribution in [0.2, 0.25) is 10.3 Å². The summed E-state index contributed by atoms with van der Waals surface area (Å²) in [6, 6.07) is 5.17. The van der Waals surface area contributed by atoms with Gasteiger partial charge in [0.1, 0.15) is 10.3 Å². The Kier molecular flexibility index (Phi) is 4.01. The average molecular weight is 376 g/mol. The molecule has 7 heteroatoms. The topological polar surface area (TPSA) is 44.2 Å². The first-order valence-corrected chi connectivity index (χ1v) is 7.48. The molecule has 0 saturated carbocycles. The van der Waals surface area contributed by atoms with Crippen molar-refractivity contribution >= 4 is 39.1 Å². The van der Waals surface area contributed by atoms with Crippen molar-refractivity contribution in [3.63, 3.8) is 0 Å². The fourth-order valence-corrected chi connectivity index (χ4v) is 2.86. The van der Waals surface area contributed by atoms with Gasteiger partial charge in [-0.2, -0.15) is 0 Å². The van der Waals surface area contributed by atoms with E-state index in [1.165, 1.54) is 6.07 Å². The van der Waals surface area contributed by atoms with Gasteiger partial charge in [-0.25, -0.2) is 9.97 Å². The maximum Gasteiger partial charge on any atom is 0.175 e. The number of hydrogen-bond donors (Lipinski definition) is 0. The molecule has 2 aromatic rings. The van der Waals surface area contributed by atoms with Crippen molar-refractivity contribution in [2.45, 2.75) is 6.42 Å². The summed E-state index contributed by atoms with van der Waals surface area (Å²) in [4.78, 5) is 8.34. The lowest BCUT2D eigenvalue weighted by atomic mass is 10.2. The minimum absolute atomic E-state index is 0.295. The molecule has 0 bridgehead atoms. The Bertz CT molecular complexity index is 647. The molecule has 0 saturated heterocycles. The van der Waals surface area contributed by atoms with Crippen molar-refractivity contribution < 1.29 is 9.47 Å². The second-order valence-corrected chi connectivity index (χ2v) is 5.80. The van der Waals surface area contributed by atoms with Crippen molar-refractivity contribution in [3.8, 4) is 22.9 Å². The van der Waals surface area contributed by atoms with Gasteiger partial charge in [-0.05, 0) is 28.1 Å². The van der Waals surface area contributed by atoms with Gasteiger partial charge in [0.05, 0.1) is 17.7 Å². The van der Waals surface area contributed by atoms with E-state index in [4.69, 9.17) is 32.7 Å². The van der Waals surface area contributed by atoms with Crippen LogP contribution in [-0.2, 0) is 0 Å². The second kappa shape index (κ2) is 5.76. The van der Waals surface area contributed by atoms with Gasteiger partial charge in [0.2, 0.25) is 0 Å². The molecule has 1 aromatic heterocycles. The summed E-state index contributed by atoms with van der Waals surface area (Å²) >= 11 is 15.3. The van der Waals surface area contributed by atoms with E-state index >= 15 is 0 Å². The summed E-state index contributed by atoms with van der Waals surface area (Å²) in [5.41, 5.74) is 0.755. The van der Waals surface area contributed by atoms with Gasteiger partial charge in [-0.15, -0.1) is 0 Å². The van der Waals surface area contributed by atoms with E-state index in [0.717, 1.165) is 16.5 Å². The Labute approximate surface area is 134 Å². The molecule has 0 aliphatic carbocycles. The van der Waals surface area contributed by atoms with Crippen molar-refractivity contribution in [1.82, 2.24) is 9.97 Å². The van der Waals surface area contributed by atoms with Gasteiger partial charge in [-0.1, -0.05) is 23.2 Å². The standard InChI is InChI=1S/C13H9BrCl2N2O2/c14-8-4-7(13-17-10(15)6-11(16)18-13)5-9-12(8)20-3-1-2-19-9/h4-6H,1-3H2. The quantitative estimate of drug-likeness (QED) is 0.694. The van der Waals surface area contributed by atoms with Crippen LogP contribution in [0.15, 0.2) is 22.7 Å². The van der Waals surface area contributed by atoms with E-state index in [1.807, 2.05) is 12.1 Å². The second-order valence-electron chi connectivity index (χ2n) is 4.17. The molecule has 0 spiro atoms. The highest BCUT2D eigenvalue weighted by molar-refractivity contribution is 9.10. The first-order chi connectivity index (χ1) is 9.63. The maximum atomic E-state index is 5.91. The van der Waals surface area contributed by atoms with E-state index in [9.17, 15) is 0 Å². The number of halogens is 3. The van der Waals surface area contributed by atoms with Gasteiger partial charge in [0.25, 0.3) is 0 Å². The summed E-state index contributed by atoms with van der Waals surface area (Å²) in [7, 11) is 0. The highest BCUT2D eigenvalue weighted by Gasteiger charge is 2.17. The largest absolute Gasteiger partial charge is 0.489 e. The van der Waals surface area contributed by atoms with Crippen molar-refractivity contribution in [1.29, 1.82) is 0 Å². The van der Waals surface area contributed by atoms with E-state index in [0.29, 0.717) is 40.8 Å². The van der Waals surface area contributed by atoms with Crippen molar-refractivity contribution in [2.75, 3.05) is 13.2 Å². The molecular formula is C13H9BrCl2N2O2. The van der Waals surface area contributed by atoms with Crippen molar-refractivity contribution in [3.05, 3.63) is 33.0 Å². The lowest BCUT2D eigenvalue weighted by Gasteiger charge is -2.11. The highest BCUT2D eigenvalue weighted by Crippen LogP contribution is 2.40. The van der Waals surface area contributed by atoms with E-state index < -0.39 is 0 Å². The lowest BCUT2D eigenvalue weighted by molar-refractivity contribution is 0.296. The Balaban J connectivity index is 2.10. The predicted octanol–water partition coefficient (Wildman–Crippen LogP) is 4.37. The molecule has 0 fully saturated rings. The highest BCUT2D eigenvalue weighted by atomic mass is 79.9. The summed E-state index contributed by atoms with van der Waals surface area (Å²) in [5, 5.41) is 0.589.